The van der Waals surface area contributed by atoms with Crippen LogP contribution in [0.5, 0.6) is 0 Å². The number of aryl methyl sites for hydroxylation is 2. The summed E-state index contributed by atoms with van der Waals surface area (Å²) >= 11 is 5.62. The van der Waals surface area contributed by atoms with Crippen LogP contribution in [0, 0.1) is 13.8 Å². The molecule has 1 fully saturated rings. The van der Waals surface area contributed by atoms with E-state index in [1.165, 1.54) is 16.8 Å². The van der Waals surface area contributed by atoms with Crippen molar-refractivity contribution in [2.24, 2.45) is 0 Å². The van der Waals surface area contributed by atoms with Crippen LogP contribution in [-0.2, 0) is 4.79 Å². The fourth-order valence-corrected chi connectivity index (χ4v) is 2.76. The Morgan fingerprint density at radius 2 is 1.89 bits per heavy atom. The quantitative estimate of drug-likeness (QED) is 0.795. The third kappa shape index (κ3) is 3.41. The number of carbonyl (C=O) groups excluding carboxylic acids is 1. The number of halogens is 1. The van der Waals surface area contributed by atoms with Crippen LogP contribution in [0.25, 0.3) is 0 Å². The smallest absolute Gasteiger partial charge is 0.223 e. The van der Waals surface area contributed by atoms with Crippen molar-refractivity contribution in [3.05, 3.63) is 29.3 Å². The van der Waals surface area contributed by atoms with E-state index in [1.807, 2.05) is 4.90 Å². The van der Waals surface area contributed by atoms with Crippen LogP contribution in [0.4, 0.5) is 5.69 Å². The van der Waals surface area contributed by atoms with E-state index in [0.29, 0.717) is 12.3 Å². The molecule has 0 aliphatic carbocycles. The predicted molar refractivity (Wildman–Crippen MR) is 80.0 cm³/mol. The number of hydrogen-bond acceptors (Lipinski definition) is 2. The first-order valence-corrected chi connectivity index (χ1v) is 7.31. The standard InChI is InChI=1S/C15H21ClN2O/c1-12-3-4-14(13(2)11-12)17-7-9-18(10-8-17)15(19)5-6-16/h3-4,11H,5-10H2,1-2H3. The molecule has 3 nitrogen and oxygen atoms in total. The highest BCUT2D eigenvalue weighted by Gasteiger charge is 2.21. The highest BCUT2D eigenvalue weighted by molar-refractivity contribution is 6.18. The maximum Gasteiger partial charge on any atom is 0.223 e. The zero-order valence-corrected chi connectivity index (χ0v) is 12.4. The van der Waals surface area contributed by atoms with Crippen molar-refractivity contribution in [3.63, 3.8) is 0 Å². The molecule has 0 saturated carbocycles. The molecule has 0 bridgehead atoms. The van der Waals surface area contributed by atoms with Crippen molar-refractivity contribution in [3.8, 4) is 0 Å². The Balaban J connectivity index is 1.98. The molecule has 1 aliphatic heterocycles. The van der Waals surface area contributed by atoms with Crippen molar-refractivity contribution in [2.75, 3.05) is 37.0 Å². The summed E-state index contributed by atoms with van der Waals surface area (Å²) in [5.41, 5.74) is 3.88. The summed E-state index contributed by atoms with van der Waals surface area (Å²) in [4.78, 5) is 16.1. The summed E-state index contributed by atoms with van der Waals surface area (Å²) in [5, 5.41) is 0. The van der Waals surface area contributed by atoms with Crippen molar-refractivity contribution in [1.82, 2.24) is 4.90 Å². The Hall–Kier alpha value is -1.22. The molecule has 0 atom stereocenters. The summed E-state index contributed by atoms with van der Waals surface area (Å²) in [7, 11) is 0. The van der Waals surface area contributed by atoms with Crippen molar-refractivity contribution in [1.29, 1.82) is 0 Å². The summed E-state index contributed by atoms with van der Waals surface area (Å²) in [6, 6.07) is 6.54. The van der Waals surface area contributed by atoms with E-state index in [9.17, 15) is 4.79 Å². The lowest BCUT2D eigenvalue weighted by Gasteiger charge is -2.37. The number of carbonyl (C=O) groups is 1. The van der Waals surface area contributed by atoms with Gasteiger partial charge in [0.1, 0.15) is 0 Å². The number of anilines is 1. The number of nitrogens with zero attached hydrogens (tertiary/aromatic N) is 2. The Morgan fingerprint density at radius 3 is 2.47 bits per heavy atom. The molecule has 1 aromatic rings. The third-order valence-electron chi connectivity index (χ3n) is 3.63. The van der Waals surface area contributed by atoms with Gasteiger partial charge in [0, 0.05) is 44.2 Å². The van der Waals surface area contributed by atoms with E-state index in [-0.39, 0.29) is 5.91 Å². The van der Waals surface area contributed by atoms with Crippen LogP contribution in [0.15, 0.2) is 18.2 Å². The highest BCUT2D eigenvalue weighted by Crippen LogP contribution is 2.22. The second-order valence-electron chi connectivity index (χ2n) is 5.10. The van der Waals surface area contributed by atoms with Gasteiger partial charge in [-0.05, 0) is 25.5 Å². The van der Waals surface area contributed by atoms with E-state index < -0.39 is 0 Å². The Kier molecular flexibility index (Phi) is 4.70. The van der Waals surface area contributed by atoms with Crippen molar-refractivity contribution < 1.29 is 4.79 Å². The lowest BCUT2D eigenvalue weighted by molar-refractivity contribution is -0.131. The summed E-state index contributed by atoms with van der Waals surface area (Å²) in [6.07, 6.45) is 0.450. The summed E-state index contributed by atoms with van der Waals surface area (Å²) in [5.74, 6) is 0.589. The van der Waals surface area contributed by atoms with Gasteiger partial charge in [-0.25, -0.2) is 0 Å². The first kappa shape index (κ1) is 14.2. The van der Waals surface area contributed by atoms with Gasteiger partial charge in [0.25, 0.3) is 0 Å². The largest absolute Gasteiger partial charge is 0.368 e. The van der Waals surface area contributed by atoms with Gasteiger partial charge in [-0.15, -0.1) is 11.6 Å². The van der Waals surface area contributed by atoms with E-state index in [0.717, 1.165) is 26.2 Å². The highest BCUT2D eigenvalue weighted by atomic mass is 35.5. The molecule has 2 rings (SSSR count). The van der Waals surface area contributed by atoms with Gasteiger partial charge < -0.3 is 9.80 Å². The van der Waals surface area contributed by atoms with Crippen LogP contribution >= 0.6 is 11.6 Å². The Bertz CT molecular complexity index is 453. The second-order valence-corrected chi connectivity index (χ2v) is 5.47. The van der Waals surface area contributed by atoms with Gasteiger partial charge in [-0.3, -0.25) is 4.79 Å². The normalized spacial score (nSPS) is 15.7. The predicted octanol–water partition coefficient (Wildman–Crippen LogP) is 2.58. The van der Waals surface area contributed by atoms with Crippen LogP contribution in [0.2, 0.25) is 0 Å². The van der Waals surface area contributed by atoms with Crippen molar-refractivity contribution >= 4 is 23.2 Å². The lowest BCUT2D eigenvalue weighted by atomic mass is 10.1. The lowest BCUT2D eigenvalue weighted by Crippen LogP contribution is -2.49. The minimum Gasteiger partial charge on any atom is -0.368 e. The first-order valence-electron chi connectivity index (χ1n) is 6.78. The van der Waals surface area contributed by atoms with Crippen LogP contribution in [-0.4, -0.2) is 42.9 Å². The van der Waals surface area contributed by atoms with E-state index in [4.69, 9.17) is 11.6 Å². The molecular formula is C15H21ClN2O. The maximum absolute atomic E-state index is 11.8. The minimum atomic E-state index is 0.176. The third-order valence-corrected chi connectivity index (χ3v) is 3.82. The molecule has 4 heteroatoms. The minimum absolute atomic E-state index is 0.176. The Labute approximate surface area is 120 Å². The fourth-order valence-electron chi connectivity index (χ4n) is 2.60. The molecule has 0 unspecified atom stereocenters. The zero-order valence-electron chi connectivity index (χ0n) is 11.7. The van der Waals surface area contributed by atoms with Crippen LogP contribution < -0.4 is 4.90 Å². The topological polar surface area (TPSA) is 23.6 Å². The SMILES string of the molecule is Cc1ccc(N2CCN(C(=O)CCCl)CC2)c(C)c1. The van der Waals surface area contributed by atoms with Gasteiger partial charge in [0.2, 0.25) is 5.91 Å². The van der Waals surface area contributed by atoms with E-state index in [1.54, 1.807) is 0 Å². The average Bonchev–Trinajstić information content (AvgIpc) is 2.39. The number of amides is 1. The molecule has 1 heterocycles. The molecular weight excluding hydrogens is 260 g/mol. The van der Waals surface area contributed by atoms with Gasteiger partial charge in [0.15, 0.2) is 0 Å². The molecule has 0 aromatic heterocycles. The average molecular weight is 281 g/mol. The number of piperazine rings is 1. The zero-order chi connectivity index (χ0) is 13.8. The second kappa shape index (κ2) is 6.29. The number of rotatable bonds is 3. The number of alkyl halides is 1. The van der Waals surface area contributed by atoms with Crippen LogP contribution in [0.3, 0.4) is 0 Å². The Morgan fingerprint density at radius 1 is 1.21 bits per heavy atom. The molecule has 19 heavy (non-hydrogen) atoms. The van der Waals surface area contributed by atoms with Crippen molar-refractivity contribution in [2.45, 2.75) is 20.3 Å². The van der Waals surface area contributed by atoms with E-state index >= 15 is 0 Å². The monoisotopic (exact) mass is 280 g/mol. The number of hydrogen-bond donors (Lipinski definition) is 0. The summed E-state index contributed by atoms with van der Waals surface area (Å²) < 4.78 is 0. The first-order chi connectivity index (χ1) is 9.11. The molecule has 1 saturated heterocycles. The molecule has 1 aromatic carbocycles. The van der Waals surface area contributed by atoms with E-state index in [2.05, 4.69) is 36.9 Å². The molecule has 0 N–H and O–H groups in total. The number of benzene rings is 1. The maximum atomic E-state index is 11.8. The summed E-state index contributed by atoms with van der Waals surface area (Å²) in [6.45, 7) is 7.65. The molecule has 1 aliphatic rings. The molecule has 1 amide bonds. The van der Waals surface area contributed by atoms with Gasteiger partial charge in [0.05, 0.1) is 0 Å². The van der Waals surface area contributed by atoms with Crippen LogP contribution in [0.1, 0.15) is 17.5 Å². The molecule has 0 radical (unpaired) electrons. The van der Waals surface area contributed by atoms with Gasteiger partial charge >= 0.3 is 0 Å². The fraction of sp³-hybridized carbons (Fsp3) is 0.533. The van der Waals surface area contributed by atoms with Gasteiger partial charge in [-0.2, -0.15) is 0 Å². The van der Waals surface area contributed by atoms with Gasteiger partial charge in [-0.1, -0.05) is 17.7 Å². The molecule has 0 spiro atoms. The molecule has 104 valence electrons.